The van der Waals surface area contributed by atoms with Crippen molar-refractivity contribution in [2.45, 2.75) is 19.4 Å². The van der Waals surface area contributed by atoms with Gasteiger partial charge in [0, 0.05) is 24.7 Å². The molecule has 5 heteroatoms. The van der Waals surface area contributed by atoms with E-state index in [1.54, 1.807) is 7.11 Å². The monoisotopic (exact) mass is 284 g/mol. The van der Waals surface area contributed by atoms with Crippen LogP contribution < -0.4 is 10.6 Å². The molecule has 0 aromatic heterocycles. The Labute approximate surface area is 119 Å². The molecule has 19 heavy (non-hydrogen) atoms. The fourth-order valence-corrected chi connectivity index (χ4v) is 1.89. The van der Waals surface area contributed by atoms with Gasteiger partial charge in [-0.1, -0.05) is 30.7 Å². The van der Waals surface area contributed by atoms with Gasteiger partial charge in [0.15, 0.2) is 0 Å². The Morgan fingerprint density at radius 2 is 2.05 bits per heavy atom. The van der Waals surface area contributed by atoms with Crippen molar-refractivity contribution >= 4 is 17.5 Å². The molecule has 0 spiro atoms. The molecule has 1 aromatic rings. The number of ether oxygens (including phenoxy) is 1. The summed E-state index contributed by atoms with van der Waals surface area (Å²) in [5.41, 5.74) is 1.14. The number of halogens is 1. The molecule has 1 aromatic carbocycles. The molecule has 2 N–H and O–H groups in total. The minimum absolute atomic E-state index is 0.0236. The van der Waals surface area contributed by atoms with Crippen molar-refractivity contribution in [2.75, 3.05) is 26.8 Å². The van der Waals surface area contributed by atoms with Gasteiger partial charge in [-0.2, -0.15) is 0 Å². The quantitative estimate of drug-likeness (QED) is 0.719. The number of benzene rings is 1. The average molecular weight is 285 g/mol. The van der Waals surface area contributed by atoms with Crippen molar-refractivity contribution in [3.05, 3.63) is 34.9 Å². The molecular formula is C14H21ClN2O2. The molecule has 0 saturated heterocycles. The summed E-state index contributed by atoms with van der Waals surface area (Å²) in [7, 11) is 1.61. The summed E-state index contributed by atoms with van der Waals surface area (Å²) < 4.78 is 4.87. The van der Waals surface area contributed by atoms with Crippen molar-refractivity contribution in [2.24, 2.45) is 0 Å². The lowest BCUT2D eigenvalue weighted by atomic mass is 10.0. The first kappa shape index (κ1) is 16.0. The second-order valence-corrected chi connectivity index (χ2v) is 4.67. The Balaban J connectivity index is 2.40. The molecule has 1 unspecified atom stereocenters. The van der Waals surface area contributed by atoms with E-state index in [0.29, 0.717) is 19.7 Å². The van der Waals surface area contributed by atoms with Gasteiger partial charge in [-0.15, -0.1) is 0 Å². The summed E-state index contributed by atoms with van der Waals surface area (Å²) in [6.45, 7) is 3.44. The number of carbonyl (C=O) groups is 1. The third-order valence-corrected chi connectivity index (χ3v) is 3.07. The normalized spacial score (nSPS) is 12.2. The minimum Gasteiger partial charge on any atom is -0.383 e. The van der Waals surface area contributed by atoms with Crippen LogP contribution in [-0.4, -0.2) is 32.7 Å². The SMILES string of the molecule is CCC(NCC(=O)NCCOC)c1ccc(Cl)cc1. The van der Waals surface area contributed by atoms with Gasteiger partial charge < -0.3 is 15.4 Å². The van der Waals surface area contributed by atoms with Gasteiger partial charge in [0.25, 0.3) is 0 Å². The lowest BCUT2D eigenvalue weighted by molar-refractivity contribution is -0.120. The van der Waals surface area contributed by atoms with E-state index in [1.807, 2.05) is 24.3 Å². The van der Waals surface area contributed by atoms with Gasteiger partial charge in [0.1, 0.15) is 0 Å². The molecule has 0 aliphatic carbocycles. The van der Waals surface area contributed by atoms with Crippen LogP contribution in [0.5, 0.6) is 0 Å². The molecule has 1 atom stereocenters. The number of nitrogens with one attached hydrogen (secondary N) is 2. The van der Waals surface area contributed by atoms with E-state index >= 15 is 0 Å². The maximum absolute atomic E-state index is 11.6. The summed E-state index contributed by atoms with van der Waals surface area (Å²) in [5.74, 6) is -0.0236. The van der Waals surface area contributed by atoms with Gasteiger partial charge >= 0.3 is 0 Å². The third-order valence-electron chi connectivity index (χ3n) is 2.82. The van der Waals surface area contributed by atoms with Crippen molar-refractivity contribution in [3.8, 4) is 0 Å². The number of amides is 1. The zero-order chi connectivity index (χ0) is 14.1. The first-order chi connectivity index (χ1) is 9.17. The third kappa shape index (κ3) is 6.05. The lowest BCUT2D eigenvalue weighted by Crippen LogP contribution is -2.37. The fourth-order valence-electron chi connectivity index (χ4n) is 1.76. The van der Waals surface area contributed by atoms with Crippen LogP contribution in [0.3, 0.4) is 0 Å². The molecule has 0 bridgehead atoms. The van der Waals surface area contributed by atoms with Crippen LogP contribution in [0, 0.1) is 0 Å². The fraction of sp³-hybridized carbons (Fsp3) is 0.500. The van der Waals surface area contributed by atoms with Crippen molar-refractivity contribution in [1.82, 2.24) is 10.6 Å². The van der Waals surface area contributed by atoms with Crippen LogP contribution in [0.1, 0.15) is 24.9 Å². The molecule has 0 saturated carbocycles. The van der Waals surface area contributed by atoms with E-state index in [2.05, 4.69) is 17.6 Å². The van der Waals surface area contributed by atoms with Gasteiger partial charge in [-0.25, -0.2) is 0 Å². The number of methoxy groups -OCH3 is 1. The van der Waals surface area contributed by atoms with E-state index in [9.17, 15) is 4.79 Å². The molecule has 0 aliphatic heterocycles. The average Bonchev–Trinajstić information content (AvgIpc) is 2.41. The first-order valence-electron chi connectivity index (χ1n) is 6.41. The highest BCUT2D eigenvalue weighted by molar-refractivity contribution is 6.30. The summed E-state index contributed by atoms with van der Waals surface area (Å²) in [6.07, 6.45) is 0.910. The molecule has 0 radical (unpaired) electrons. The van der Waals surface area contributed by atoms with Crippen LogP contribution in [0.4, 0.5) is 0 Å². The van der Waals surface area contributed by atoms with Gasteiger partial charge in [-0.3, -0.25) is 4.79 Å². The van der Waals surface area contributed by atoms with Crippen molar-refractivity contribution in [1.29, 1.82) is 0 Å². The Kier molecular flexibility index (Phi) is 7.48. The van der Waals surface area contributed by atoms with Crippen LogP contribution in [0.25, 0.3) is 0 Å². The maximum atomic E-state index is 11.6. The Morgan fingerprint density at radius 1 is 1.37 bits per heavy atom. The predicted molar refractivity (Wildman–Crippen MR) is 77.4 cm³/mol. The largest absolute Gasteiger partial charge is 0.383 e. The van der Waals surface area contributed by atoms with E-state index in [4.69, 9.17) is 16.3 Å². The molecule has 4 nitrogen and oxygen atoms in total. The van der Waals surface area contributed by atoms with Gasteiger partial charge in [0.2, 0.25) is 5.91 Å². The molecule has 0 heterocycles. The highest BCUT2D eigenvalue weighted by Crippen LogP contribution is 2.18. The molecule has 1 amide bonds. The van der Waals surface area contributed by atoms with Gasteiger partial charge in [-0.05, 0) is 24.1 Å². The zero-order valence-electron chi connectivity index (χ0n) is 11.4. The van der Waals surface area contributed by atoms with Crippen LogP contribution in [-0.2, 0) is 9.53 Å². The Hall–Kier alpha value is -1.10. The highest BCUT2D eigenvalue weighted by Gasteiger charge is 2.10. The molecule has 1 rings (SSSR count). The second-order valence-electron chi connectivity index (χ2n) is 4.24. The number of rotatable bonds is 8. The van der Waals surface area contributed by atoms with Crippen LogP contribution in [0.15, 0.2) is 24.3 Å². The zero-order valence-corrected chi connectivity index (χ0v) is 12.2. The first-order valence-corrected chi connectivity index (χ1v) is 6.79. The lowest BCUT2D eigenvalue weighted by Gasteiger charge is -2.17. The van der Waals surface area contributed by atoms with Crippen molar-refractivity contribution < 1.29 is 9.53 Å². The van der Waals surface area contributed by atoms with Gasteiger partial charge in [0.05, 0.1) is 13.2 Å². The number of hydrogen-bond donors (Lipinski definition) is 2. The van der Waals surface area contributed by atoms with E-state index < -0.39 is 0 Å². The Bertz CT molecular complexity index is 382. The molecular weight excluding hydrogens is 264 g/mol. The number of carbonyl (C=O) groups excluding carboxylic acids is 1. The minimum atomic E-state index is -0.0236. The standard InChI is InChI=1S/C14H21ClN2O2/c1-3-13(11-4-6-12(15)7-5-11)17-10-14(18)16-8-9-19-2/h4-7,13,17H,3,8-10H2,1-2H3,(H,16,18). The van der Waals surface area contributed by atoms with Crippen molar-refractivity contribution in [3.63, 3.8) is 0 Å². The summed E-state index contributed by atoms with van der Waals surface area (Å²) >= 11 is 5.86. The molecule has 0 aliphatic rings. The van der Waals surface area contributed by atoms with E-state index in [1.165, 1.54) is 0 Å². The van der Waals surface area contributed by atoms with Crippen LogP contribution >= 0.6 is 11.6 Å². The topological polar surface area (TPSA) is 50.4 Å². The van der Waals surface area contributed by atoms with E-state index in [-0.39, 0.29) is 11.9 Å². The van der Waals surface area contributed by atoms with Crippen LogP contribution in [0.2, 0.25) is 5.02 Å². The molecule has 106 valence electrons. The molecule has 0 fully saturated rings. The maximum Gasteiger partial charge on any atom is 0.234 e. The summed E-state index contributed by atoms with van der Waals surface area (Å²) in [5, 5.41) is 6.73. The summed E-state index contributed by atoms with van der Waals surface area (Å²) in [6, 6.07) is 7.84. The second kappa shape index (κ2) is 8.91. The van der Waals surface area contributed by atoms with E-state index in [0.717, 1.165) is 17.0 Å². The smallest absolute Gasteiger partial charge is 0.234 e. The number of hydrogen-bond acceptors (Lipinski definition) is 3. The summed E-state index contributed by atoms with van der Waals surface area (Å²) in [4.78, 5) is 11.6. The Morgan fingerprint density at radius 3 is 2.63 bits per heavy atom. The highest BCUT2D eigenvalue weighted by atomic mass is 35.5. The predicted octanol–water partition coefficient (Wildman–Crippen LogP) is 2.14.